The molecule has 1 heterocycles. The molecule has 1 heteroatoms. The highest BCUT2D eigenvalue weighted by Crippen LogP contribution is 2.57. The van der Waals surface area contributed by atoms with Gasteiger partial charge in [-0.25, -0.2) is 0 Å². The van der Waals surface area contributed by atoms with Gasteiger partial charge in [0.15, 0.2) is 0 Å². The molecule has 0 aromatic heterocycles. The first-order valence-electron chi connectivity index (χ1n) is 6.70. The Morgan fingerprint density at radius 1 is 0.929 bits per heavy atom. The molecule has 14 heavy (non-hydrogen) atoms. The lowest BCUT2D eigenvalue weighted by Crippen LogP contribution is -2.48. The van der Waals surface area contributed by atoms with Gasteiger partial charge in [-0.3, -0.25) is 0 Å². The molecule has 0 spiro atoms. The topological polar surface area (TPSA) is 0 Å². The van der Waals surface area contributed by atoms with Gasteiger partial charge in [-0.2, -0.15) is 0 Å². The lowest BCUT2D eigenvalue weighted by Gasteiger charge is -2.52. The van der Waals surface area contributed by atoms with Gasteiger partial charge in [-0.15, -0.1) is 0 Å². The van der Waals surface area contributed by atoms with Crippen molar-refractivity contribution in [2.45, 2.75) is 83.0 Å². The van der Waals surface area contributed by atoms with Crippen LogP contribution in [0, 0.1) is 0 Å². The monoisotopic (exact) mass is 212 g/mol. The van der Waals surface area contributed by atoms with Gasteiger partial charge in [0.1, 0.15) is 0 Å². The molecule has 0 N–H and O–H groups in total. The lowest BCUT2D eigenvalue weighted by atomic mass is 9.94. The minimum atomic E-state index is -0.910. The average molecular weight is 212 g/mol. The Labute approximate surface area is 91.5 Å². The van der Waals surface area contributed by atoms with Crippen molar-refractivity contribution in [2.75, 3.05) is 0 Å². The Morgan fingerprint density at radius 3 is 1.86 bits per heavy atom. The highest BCUT2D eigenvalue weighted by molar-refractivity contribution is 6.82. The molecule has 1 fully saturated rings. The first-order chi connectivity index (χ1) is 6.70. The van der Waals surface area contributed by atoms with E-state index < -0.39 is 8.07 Å². The summed E-state index contributed by atoms with van der Waals surface area (Å²) in [6.07, 6.45) is 7.51. The van der Waals surface area contributed by atoms with Crippen LogP contribution in [0.1, 0.15) is 59.8 Å². The molecule has 1 aliphatic rings. The highest BCUT2D eigenvalue weighted by Gasteiger charge is 2.49. The minimum Gasteiger partial charge on any atom is -0.0678 e. The van der Waals surface area contributed by atoms with E-state index in [0.717, 1.165) is 5.04 Å². The van der Waals surface area contributed by atoms with Gasteiger partial charge in [-0.05, 0) is 5.04 Å². The predicted molar refractivity (Wildman–Crippen MR) is 68.6 cm³/mol. The maximum atomic E-state index is 2.47. The van der Waals surface area contributed by atoms with Gasteiger partial charge in [0, 0.05) is 0 Å². The summed E-state index contributed by atoms with van der Waals surface area (Å²) in [5.41, 5.74) is 0. The molecule has 0 aliphatic carbocycles. The van der Waals surface area contributed by atoms with Crippen molar-refractivity contribution in [2.24, 2.45) is 0 Å². The molecule has 0 bridgehead atoms. The first kappa shape index (κ1) is 12.3. The van der Waals surface area contributed by atoms with E-state index in [1.807, 2.05) is 0 Å². The van der Waals surface area contributed by atoms with Crippen LogP contribution in [0.5, 0.6) is 0 Å². The number of hydrogen-bond acceptors (Lipinski definition) is 0. The quantitative estimate of drug-likeness (QED) is 0.561. The van der Waals surface area contributed by atoms with Crippen LogP contribution in [0.3, 0.4) is 0 Å². The molecule has 0 amide bonds. The third-order valence-electron chi connectivity index (χ3n) is 5.39. The number of rotatable bonds is 4. The molecule has 0 aromatic rings. The van der Waals surface area contributed by atoms with E-state index in [4.69, 9.17) is 0 Å². The molecule has 0 aromatic carbocycles. The van der Waals surface area contributed by atoms with Crippen LogP contribution < -0.4 is 0 Å². The fraction of sp³-hybridized carbons (Fsp3) is 1.00. The Balaban J connectivity index is 2.96. The van der Waals surface area contributed by atoms with E-state index in [1.54, 1.807) is 12.5 Å². The third-order valence-corrected chi connectivity index (χ3v) is 12.6. The fourth-order valence-electron chi connectivity index (χ4n) is 4.16. The van der Waals surface area contributed by atoms with Crippen LogP contribution in [0.4, 0.5) is 0 Å². The zero-order valence-electron chi connectivity index (χ0n) is 10.7. The molecule has 0 radical (unpaired) electrons. The second kappa shape index (κ2) is 4.83. The molecule has 1 aliphatic heterocycles. The largest absolute Gasteiger partial charge is 0.0678 e. The maximum absolute atomic E-state index is 2.47. The molecular weight excluding hydrogens is 184 g/mol. The molecule has 1 saturated heterocycles. The molecule has 1 rings (SSSR count). The van der Waals surface area contributed by atoms with Gasteiger partial charge in [0.25, 0.3) is 0 Å². The van der Waals surface area contributed by atoms with Crippen molar-refractivity contribution in [1.82, 2.24) is 0 Å². The van der Waals surface area contributed by atoms with Gasteiger partial charge >= 0.3 is 0 Å². The zero-order chi connectivity index (χ0) is 10.7. The Hall–Kier alpha value is 0.217. The van der Waals surface area contributed by atoms with Crippen molar-refractivity contribution in [1.29, 1.82) is 0 Å². The van der Waals surface area contributed by atoms with E-state index in [-0.39, 0.29) is 0 Å². The molecule has 0 atom stereocenters. The van der Waals surface area contributed by atoms with Crippen molar-refractivity contribution in [3.63, 3.8) is 0 Å². The van der Waals surface area contributed by atoms with Gasteiger partial charge < -0.3 is 0 Å². The third kappa shape index (κ3) is 1.68. The standard InChI is InChI=1S/C13H28Si/c1-5-13(6-2)11-9-10-12-14(13,7-3)8-4/h5-12H2,1-4H3. The summed E-state index contributed by atoms with van der Waals surface area (Å²) in [6, 6.07) is 4.69. The van der Waals surface area contributed by atoms with Crippen LogP contribution in [0.2, 0.25) is 23.2 Å². The van der Waals surface area contributed by atoms with Crippen LogP contribution in [0.15, 0.2) is 0 Å². The van der Waals surface area contributed by atoms with Crippen molar-refractivity contribution >= 4 is 8.07 Å². The second-order valence-electron chi connectivity index (χ2n) is 5.18. The van der Waals surface area contributed by atoms with Crippen molar-refractivity contribution in [3.8, 4) is 0 Å². The SMILES string of the molecule is CCC1(CC)CCCC[Si]1(CC)CC. The van der Waals surface area contributed by atoms with Crippen LogP contribution in [-0.2, 0) is 0 Å². The summed E-state index contributed by atoms with van der Waals surface area (Å²) >= 11 is 0. The van der Waals surface area contributed by atoms with Gasteiger partial charge in [-0.1, -0.05) is 77.9 Å². The van der Waals surface area contributed by atoms with Crippen LogP contribution in [0.25, 0.3) is 0 Å². The van der Waals surface area contributed by atoms with Crippen LogP contribution >= 0.6 is 0 Å². The van der Waals surface area contributed by atoms with Gasteiger partial charge in [0.2, 0.25) is 0 Å². The van der Waals surface area contributed by atoms with E-state index >= 15 is 0 Å². The second-order valence-corrected chi connectivity index (χ2v) is 10.7. The molecule has 0 unspecified atom stereocenters. The summed E-state index contributed by atoms with van der Waals surface area (Å²) in [6.45, 7) is 9.84. The smallest absolute Gasteiger partial charge is 0.0592 e. The summed E-state index contributed by atoms with van der Waals surface area (Å²) in [5, 5.41) is 0.814. The average Bonchev–Trinajstić information content (AvgIpc) is 2.28. The lowest BCUT2D eigenvalue weighted by molar-refractivity contribution is 0.408. The highest BCUT2D eigenvalue weighted by atomic mass is 28.3. The number of hydrogen-bond donors (Lipinski definition) is 0. The maximum Gasteiger partial charge on any atom is 0.0592 e. The summed E-state index contributed by atoms with van der Waals surface area (Å²) in [7, 11) is -0.910. The normalized spacial score (nSPS) is 24.9. The molecule has 84 valence electrons. The van der Waals surface area contributed by atoms with E-state index in [1.165, 1.54) is 37.8 Å². The van der Waals surface area contributed by atoms with E-state index in [2.05, 4.69) is 27.7 Å². The first-order valence-corrected chi connectivity index (χ1v) is 9.32. The fourth-order valence-corrected chi connectivity index (χ4v) is 10.5. The Bertz CT molecular complexity index is 146. The van der Waals surface area contributed by atoms with E-state index in [0.29, 0.717) is 0 Å². The van der Waals surface area contributed by atoms with E-state index in [9.17, 15) is 0 Å². The predicted octanol–water partition coefficient (Wildman–Crippen LogP) is 5.22. The summed E-state index contributed by atoms with van der Waals surface area (Å²) in [4.78, 5) is 0. The van der Waals surface area contributed by atoms with Crippen LogP contribution in [-0.4, -0.2) is 8.07 Å². The summed E-state index contributed by atoms with van der Waals surface area (Å²) < 4.78 is 0. The molecule has 0 nitrogen and oxygen atoms in total. The Kier molecular flexibility index (Phi) is 4.24. The Morgan fingerprint density at radius 2 is 1.50 bits per heavy atom. The summed E-state index contributed by atoms with van der Waals surface area (Å²) in [5.74, 6) is 0. The van der Waals surface area contributed by atoms with Gasteiger partial charge in [0.05, 0.1) is 8.07 Å². The minimum absolute atomic E-state index is 0.814. The molecular formula is C13H28Si. The molecule has 0 saturated carbocycles. The van der Waals surface area contributed by atoms with Crippen molar-refractivity contribution < 1.29 is 0 Å². The zero-order valence-corrected chi connectivity index (χ0v) is 11.7. The van der Waals surface area contributed by atoms with Crippen molar-refractivity contribution in [3.05, 3.63) is 0 Å².